The van der Waals surface area contributed by atoms with Gasteiger partial charge >= 0.3 is 5.97 Å². The van der Waals surface area contributed by atoms with E-state index in [0.717, 1.165) is 0 Å². The van der Waals surface area contributed by atoms with Gasteiger partial charge in [-0.3, -0.25) is 0 Å². The van der Waals surface area contributed by atoms with Crippen LogP contribution in [0.3, 0.4) is 0 Å². The summed E-state index contributed by atoms with van der Waals surface area (Å²) in [4.78, 5) is 10.9. The fraction of sp³-hybridized carbons (Fsp3) is 0.500. The fourth-order valence-corrected chi connectivity index (χ4v) is 1.48. The van der Waals surface area contributed by atoms with Crippen LogP contribution in [0.2, 0.25) is 0 Å². The van der Waals surface area contributed by atoms with Gasteiger partial charge in [0.1, 0.15) is 12.2 Å². The quantitative estimate of drug-likeness (QED) is 0.724. The number of ether oxygens (including phenoxy) is 1. The SMILES string of the molecule is CCc1nn2c(c1C(=O)O)OCC2. The summed E-state index contributed by atoms with van der Waals surface area (Å²) in [7, 11) is 0. The molecule has 5 heteroatoms. The maximum Gasteiger partial charge on any atom is 0.343 e. The number of nitrogens with zero attached hydrogens (tertiary/aromatic N) is 2. The van der Waals surface area contributed by atoms with Gasteiger partial charge in [-0.2, -0.15) is 5.10 Å². The highest BCUT2D eigenvalue weighted by Crippen LogP contribution is 2.26. The van der Waals surface area contributed by atoms with Crippen LogP contribution in [0.1, 0.15) is 23.0 Å². The van der Waals surface area contributed by atoms with Gasteiger partial charge in [-0.25, -0.2) is 9.48 Å². The summed E-state index contributed by atoms with van der Waals surface area (Å²) in [5.41, 5.74) is 0.821. The molecule has 0 amide bonds. The van der Waals surface area contributed by atoms with Crippen molar-refractivity contribution in [3.8, 4) is 5.88 Å². The van der Waals surface area contributed by atoms with Gasteiger partial charge < -0.3 is 9.84 Å². The van der Waals surface area contributed by atoms with Gasteiger partial charge in [0.25, 0.3) is 0 Å². The topological polar surface area (TPSA) is 64.4 Å². The molecule has 5 nitrogen and oxygen atoms in total. The first kappa shape index (κ1) is 8.10. The van der Waals surface area contributed by atoms with Crippen LogP contribution in [-0.2, 0) is 13.0 Å². The standard InChI is InChI=1S/C8H10N2O3/c1-2-5-6(8(11)12)7-10(9-5)3-4-13-7/h2-4H2,1H3,(H,11,12). The number of carboxylic acid groups (broad SMARTS) is 1. The molecule has 0 aromatic carbocycles. The second kappa shape index (κ2) is 2.76. The van der Waals surface area contributed by atoms with Crippen LogP contribution in [0.5, 0.6) is 5.88 Å². The molecule has 0 spiro atoms. The van der Waals surface area contributed by atoms with Gasteiger partial charge in [0.05, 0.1) is 12.2 Å². The molecule has 0 bridgehead atoms. The zero-order chi connectivity index (χ0) is 9.42. The molecule has 0 saturated carbocycles. The van der Waals surface area contributed by atoms with E-state index in [-0.39, 0.29) is 5.56 Å². The summed E-state index contributed by atoms with van der Waals surface area (Å²) in [5, 5.41) is 13.1. The van der Waals surface area contributed by atoms with E-state index in [0.29, 0.717) is 31.1 Å². The summed E-state index contributed by atoms with van der Waals surface area (Å²) in [5.74, 6) is -0.552. The Bertz CT molecular complexity index is 357. The van der Waals surface area contributed by atoms with E-state index >= 15 is 0 Å². The molecule has 0 radical (unpaired) electrons. The predicted molar refractivity (Wildman–Crippen MR) is 44.1 cm³/mol. The molecule has 1 N–H and O–H groups in total. The summed E-state index contributed by atoms with van der Waals surface area (Å²) < 4.78 is 6.81. The minimum absolute atomic E-state index is 0.222. The number of aromatic nitrogens is 2. The van der Waals surface area contributed by atoms with Crippen LogP contribution in [0.4, 0.5) is 0 Å². The van der Waals surface area contributed by atoms with E-state index in [2.05, 4.69) is 5.10 Å². The van der Waals surface area contributed by atoms with Crippen molar-refractivity contribution in [2.75, 3.05) is 6.61 Å². The van der Waals surface area contributed by atoms with E-state index < -0.39 is 5.97 Å². The molecule has 0 unspecified atom stereocenters. The number of aryl methyl sites for hydroxylation is 1. The Balaban J connectivity index is 2.55. The van der Waals surface area contributed by atoms with Crippen molar-refractivity contribution in [2.45, 2.75) is 19.9 Å². The second-order valence-electron chi connectivity index (χ2n) is 2.86. The Labute approximate surface area is 74.9 Å². The molecule has 0 atom stereocenters. The first-order valence-electron chi connectivity index (χ1n) is 4.19. The van der Waals surface area contributed by atoms with E-state index in [1.54, 1.807) is 4.68 Å². The highest BCUT2D eigenvalue weighted by molar-refractivity contribution is 5.91. The minimum Gasteiger partial charge on any atom is -0.477 e. The maximum atomic E-state index is 10.9. The lowest BCUT2D eigenvalue weighted by Gasteiger charge is -1.96. The molecule has 0 saturated heterocycles. The molecule has 0 aliphatic carbocycles. The van der Waals surface area contributed by atoms with Gasteiger partial charge in [-0.1, -0.05) is 6.92 Å². The van der Waals surface area contributed by atoms with Crippen LogP contribution in [0.15, 0.2) is 0 Å². The summed E-state index contributed by atoms with van der Waals surface area (Å²) in [6.45, 7) is 3.05. The molecule has 1 aliphatic rings. The minimum atomic E-state index is -0.958. The third-order valence-corrected chi connectivity index (χ3v) is 2.07. The van der Waals surface area contributed by atoms with Gasteiger partial charge in [0.15, 0.2) is 0 Å². The van der Waals surface area contributed by atoms with Crippen LogP contribution < -0.4 is 4.74 Å². The number of hydrogen-bond acceptors (Lipinski definition) is 3. The van der Waals surface area contributed by atoms with Crippen LogP contribution in [0, 0.1) is 0 Å². The Morgan fingerprint density at radius 2 is 2.54 bits per heavy atom. The number of carboxylic acids is 1. The van der Waals surface area contributed by atoms with Gasteiger partial charge in [0, 0.05) is 0 Å². The third kappa shape index (κ3) is 1.07. The smallest absolute Gasteiger partial charge is 0.343 e. The van der Waals surface area contributed by atoms with Crippen molar-refractivity contribution in [2.24, 2.45) is 0 Å². The lowest BCUT2D eigenvalue weighted by molar-refractivity contribution is 0.0692. The molecule has 1 aromatic rings. The van der Waals surface area contributed by atoms with Crippen molar-refractivity contribution >= 4 is 5.97 Å². The van der Waals surface area contributed by atoms with E-state index in [1.165, 1.54) is 0 Å². The van der Waals surface area contributed by atoms with Crippen molar-refractivity contribution in [3.63, 3.8) is 0 Å². The highest BCUT2D eigenvalue weighted by Gasteiger charge is 2.26. The summed E-state index contributed by atoms with van der Waals surface area (Å²) >= 11 is 0. The fourth-order valence-electron chi connectivity index (χ4n) is 1.48. The first-order chi connectivity index (χ1) is 6.24. The maximum absolute atomic E-state index is 10.9. The zero-order valence-electron chi connectivity index (χ0n) is 7.28. The molecule has 70 valence electrons. The average Bonchev–Trinajstić information content (AvgIpc) is 2.59. The summed E-state index contributed by atoms with van der Waals surface area (Å²) in [6, 6.07) is 0. The molecule has 1 aliphatic heterocycles. The van der Waals surface area contributed by atoms with Crippen LogP contribution in [-0.4, -0.2) is 27.5 Å². The Hall–Kier alpha value is -1.52. The van der Waals surface area contributed by atoms with Crippen LogP contribution >= 0.6 is 0 Å². The lowest BCUT2D eigenvalue weighted by Crippen LogP contribution is -2.03. The predicted octanol–water partition coefficient (Wildman–Crippen LogP) is 0.536. The second-order valence-corrected chi connectivity index (χ2v) is 2.86. The lowest BCUT2D eigenvalue weighted by atomic mass is 10.2. The van der Waals surface area contributed by atoms with Crippen LogP contribution in [0.25, 0.3) is 0 Å². The zero-order valence-corrected chi connectivity index (χ0v) is 7.28. The molecule has 1 aromatic heterocycles. The first-order valence-corrected chi connectivity index (χ1v) is 4.19. The van der Waals surface area contributed by atoms with Crippen molar-refractivity contribution in [3.05, 3.63) is 11.3 Å². The Morgan fingerprint density at radius 1 is 1.77 bits per heavy atom. The number of hydrogen-bond donors (Lipinski definition) is 1. The van der Waals surface area contributed by atoms with E-state index in [4.69, 9.17) is 9.84 Å². The Morgan fingerprint density at radius 3 is 3.15 bits per heavy atom. The largest absolute Gasteiger partial charge is 0.477 e. The number of aromatic carboxylic acids is 1. The van der Waals surface area contributed by atoms with E-state index in [1.807, 2.05) is 6.92 Å². The van der Waals surface area contributed by atoms with Gasteiger partial charge in [-0.15, -0.1) is 0 Å². The molecule has 2 rings (SSSR count). The molecule has 0 fully saturated rings. The molecule has 13 heavy (non-hydrogen) atoms. The number of carbonyl (C=O) groups is 1. The van der Waals surface area contributed by atoms with Crippen molar-refractivity contribution < 1.29 is 14.6 Å². The van der Waals surface area contributed by atoms with Crippen molar-refractivity contribution in [1.82, 2.24) is 9.78 Å². The van der Waals surface area contributed by atoms with E-state index in [9.17, 15) is 4.79 Å². The average molecular weight is 182 g/mol. The molecular formula is C8H10N2O3. The normalized spacial score (nSPS) is 13.9. The Kier molecular flexibility index (Phi) is 1.72. The number of rotatable bonds is 2. The third-order valence-electron chi connectivity index (χ3n) is 2.07. The molecular weight excluding hydrogens is 172 g/mol. The monoisotopic (exact) mass is 182 g/mol. The van der Waals surface area contributed by atoms with Gasteiger partial charge in [-0.05, 0) is 6.42 Å². The molecule has 2 heterocycles. The van der Waals surface area contributed by atoms with Crippen molar-refractivity contribution in [1.29, 1.82) is 0 Å². The van der Waals surface area contributed by atoms with Gasteiger partial charge in [0.2, 0.25) is 5.88 Å². The number of fused-ring (bicyclic) bond motifs is 1. The summed E-state index contributed by atoms with van der Waals surface area (Å²) in [6.07, 6.45) is 0.616. The highest BCUT2D eigenvalue weighted by atomic mass is 16.5.